The van der Waals surface area contributed by atoms with E-state index in [-0.39, 0.29) is 5.91 Å². The molecule has 1 aliphatic carbocycles. The Hall–Kier alpha value is -1.25. The molecule has 0 saturated heterocycles. The summed E-state index contributed by atoms with van der Waals surface area (Å²) in [4.78, 5) is 15.2. The van der Waals surface area contributed by atoms with Gasteiger partial charge in [-0.25, -0.2) is 0 Å². The SMILES string of the molecule is Cc1cc(C(=O)NC2CCCCC2)c(C)[nH]1. The van der Waals surface area contributed by atoms with Crippen molar-refractivity contribution < 1.29 is 4.79 Å². The van der Waals surface area contributed by atoms with E-state index in [4.69, 9.17) is 0 Å². The quantitative estimate of drug-likeness (QED) is 0.790. The van der Waals surface area contributed by atoms with Crippen LogP contribution in [0.4, 0.5) is 0 Å². The van der Waals surface area contributed by atoms with E-state index >= 15 is 0 Å². The summed E-state index contributed by atoms with van der Waals surface area (Å²) < 4.78 is 0. The van der Waals surface area contributed by atoms with Gasteiger partial charge in [0.1, 0.15) is 0 Å². The number of aryl methyl sites for hydroxylation is 2. The molecule has 3 heteroatoms. The molecule has 0 spiro atoms. The van der Waals surface area contributed by atoms with Crippen LogP contribution in [0, 0.1) is 13.8 Å². The van der Waals surface area contributed by atoms with Crippen LogP contribution in [0.2, 0.25) is 0 Å². The number of rotatable bonds is 2. The average molecular weight is 220 g/mol. The summed E-state index contributed by atoms with van der Waals surface area (Å²) in [5.41, 5.74) is 2.81. The largest absolute Gasteiger partial charge is 0.362 e. The number of aromatic nitrogens is 1. The minimum absolute atomic E-state index is 0.0775. The second-order valence-electron chi connectivity index (χ2n) is 4.80. The van der Waals surface area contributed by atoms with Crippen LogP contribution in [-0.2, 0) is 0 Å². The number of hydrogen-bond acceptors (Lipinski definition) is 1. The third kappa shape index (κ3) is 2.46. The molecule has 1 aromatic heterocycles. The lowest BCUT2D eigenvalue weighted by Gasteiger charge is -2.22. The highest BCUT2D eigenvalue weighted by atomic mass is 16.1. The lowest BCUT2D eigenvalue weighted by Crippen LogP contribution is -2.36. The number of amides is 1. The molecule has 0 atom stereocenters. The molecule has 88 valence electrons. The lowest BCUT2D eigenvalue weighted by molar-refractivity contribution is 0.0927. The summed E-state index contributed by atoms with van der Waals surface area (Å²) in [5, 5.41) is 3.13. The first-order valence-electron chi connectivity index (χ1n) is 6.14. The topological polar surface area (TPSA) is 44.9 Å². The summed E-state index contributed by atoms with van der Waals surface area (Å²) in [5.74, 6) is 0.0775. The Morgan fingerprint density at radius 2 is 2.00 bits per heavy atom. The van der Waals surface area contributed by atoms with Crippen LogP contribution in [0.25, 0.3) is 0 Å². The van der Waals surface area contributed by atoms with Crippen LogP contribution in [0.3, 0.4) is 0 Å². The smallest absolute Gasteiger partial charge is 0.253 e. The maximum absolute atomic E-state index is 12.0. The number of H-pyrrole nitrogens is 1. The van der Waals surface area contributed by atoms with E-state index in [1.807, 2.05) is 19.9 Å². The maximum Gasteiger partial charge on any atom is 0.253 e. The minimum atomic E-state index is 0.0775. The molecule has 2 N–H and O–H groups in total. The van der Waals surface area contributed by atoms with Gasteiger partial charge in [-0.15, -0.1) is 0 Å². The van der Waals surface area contributed by atoms with Crippen LogP contribution in [0.15, 0.2) is 6.07 Å². The number of carbonyl (C=O) groups is 1. The molecule has 0 unspecified atom stereocenters. The van der Waals surface area contributed by atoms with Crippen molar-refractivity contribution >= 4 is 5.91 Å². The Labute approximate surface area is 96.6 Å². The molecule has 0 radical (unpaired) electrons. The molecular weight excluding hydrogens is 200 g/mol. The first kappa shape index (κ1) is 11.2. The van der Waals surface area contributed by atoms with Crippen LogP contribution < -0.4 is 5.32 Å². The Morgan fingerprint density at radius 1 is 1.31 bits per heavy atom. The number of carbonyl (C=O) groups excluding carboxylic acids is 1. The molecular formula is C13H20N2O. The van der Waals surface area contributed by atoms with Crippen molar-refractivity contribution in [3.05, 3.63) is 23.0 Å². The van der Waals surface area contributed by atoms with Crippen molar-refractivity contribution in [2.24, 2.45) is 0 Å². The molecule has 2 rings (SSSR count). The van der Waals surface area contributed by atoms with E-state index in [2.05, 4.69) is 10.3 Å². The van der Waals surface area contributed by atoms with Gasteiger partial charge in [0.2, 0.25) is 0 Å². The predicted octanol–water partition coefficient (Wildman–Crippen LogP) is 2.69. The number of nitrogens with one attached hydrogen (secondary N) is 2. The minimum Gasteiger partial charge on any atom is -0.362 e. The molecule has 1 aromatic rings. The normalized spacial score (nSPS) is 17.4. The van der Waals surface area contributed by atoms with E-state index < -0.39 is 0 Å². The van der Waals surface area contributed by atoms with Crippen molar-refractivity contribution in [1.29, 1.82) is 0 Å². The molecule has 1 fully saturated rings. The van der Waals surface area contributed by atoms with Gasteiger partial charge in [-0.2, -0.15) is 0 Å². The second kappa shape index (κ2) is 4.73. The molecule has 16 heavy (non-hydrogen) atoms. The van der Waals surface area contributed by atoms with Gasteiger partial charge in [0.05, 0.1) is 5.56 Å². The van der Waals surface area contributed by atoms with Crippen molar-refractivity contribution in [3.8, 4) is 0 Å². The van der Waals surface area contributed by atoms with Crippen molar-refractivity contribution in [3.63, 3.8) is 0 Å². The molecule has 1 saturated carbocycles. The van der Waals surface area contributed by atoms with Crippen LogP contribution >= 0.6 is 0 Å². The molecule has 0 aliphatic heterocycles. The van der Waals surface area contributed by atoms with E-state index in [0.717, 1.165) is 29.8 Å². The Kier molecular flexibility index (Phi) is 3.32. The molecule has 0 aromatic carbocycles. The lowest BCUT2D eigenvalue weighted by atomic mass is 9.95. The van der Waals surface area contributed by atoms with Gasteiger partial charge in [0, 0.05) is 17.4 Å². The van der Waals surface area contributed by atoms with Crippen molar-refractivity contribution in [1.82, 2.24) is 10.3 Å². The molecule has 1 heterocycles. The zero-order chi connectivity index (χ0) is 11.5. The fourth-order valence-electron chi connectivity index (χ4n) is 2.47. The van der Waals surface area contributed by atoms with Gasteiger partial charge in [-0.1, -0.05) is 19.3 Å². The van der Waals surface area contributed by atoms with E-state index in [1.54, 1.807) is 0 Å². The zero-order valence-corrected chi connectivity index (χ0v) is 10.1. The summed E-state index contributed by atoms with van der Waals surface area (Å²) >= 11 is 0. The maximum atomic E-state index is 12.0. The third-order valence-electron chi connectivity index (χ3n) is 3.33. The van der Waals surface area contributed by atoms with Crippen molar-refractivity contribution in [2.75, 3.05) is 0 Å². The van der Waals surface area contributed by atoms with E-state index in [1.165, 1.54) is 19.3 Å². The molecule has 1 aliphatic rings. The highest BCUT2D eigenvalue weighted by Crippen LogP contribution is 2.18. The molecule has 0 bridgehead atoms. The van der Waals surface area contributed by atoms with Crippen molar-refractivity contribution in [2.45, 2.75) is 52.0 Å². The zero-order valence-electron chi connectivity index (χ0n) is 10.1. The standard InChI is InChI=1S/C13H20N2O/c1-9-8-12(10(2)14-9)13(16)15-11-6-4-3-5-7-11/h8,11,14H,3-7H2,1-2H3,(H,15,16). The van der Waals surface area contributed by atoms with Gasteiger partial charge < -0.3 is 10.3 Å². The first-order valence-corrected chi connectivity index (χ1v) is 6.14. The highest BCUT2D eigenvalue weighted by Gasteiger charge is 2.18. The number of aromatic amines is 1. The molecule has 1 amide bonds. The second-order valence-corrected chi connectivity index (χ2v) is 4.80. The Balaban J connectivity index is 1.99. The fraction of sp³-hybridized carbons (Fsp3) is 0.615. The van der Waals surface area contributed by atoms with E-state index in [0.29, 0.717) is 6.04 Å². The highest BCUT2D eigenvalue weighted by molar-refractivity contribution is 5.95. The molecule has 3 nitrogen and oxygen atoms in total. The van der Waals surface area contributed by atoms with Gasteiger partial charge in [-0.3, -0.25) is 4.79 Å². The van der Waals surface area contributed by atoms with Gasteiger partial charge in [0.25, 0.3) is 5.91 Å². The Morgan fingerprint density at radius 3 is 2.56 bits per heavy atom. The average Bonchev–Trinajstić information content (AvgIpc) is 2.59. The number of hydrogen-bond donors (Lipinski definition) is 2. The van der Waals surface area contributed by atoms with Gasteiger partial charge in [0.15, 0.2) is 0 Å². The van der Waals surface area contributed by atoms with Gasteiger partial charge in [-0.05, 0) is 32.8 Å². The Bertz CT molecular complexity index is 375. The van der Waals surface area contributed by atoms with E-state index in [9.17, 15) is 4.79 Å². The van der Waals surface area contributed by atoms with Crippen LogP contribution in [0.1, 0.15) is 53.8 Å². The first-order chi connectivity index (χ1) is 7.66. The predicted molar refractivity (Wildman–Crippen MR) is 64.6 cm³/mol. The third-order valence-corrected chi connectivity index (χ3v) is 3.33. The van der Waals surface area contributed by atoms with Gasteiger partial charge >= 0.3 is 0 Å². The summed E-state index contributed by atoms with van der Waals surface area (Å²) in [7, 11) is 0. The monoisotopic (exact) mass is 220 g/mol. The summed E-state index contributed by atoms with van der Waals surface area (Å²) in [6.45, 7) is 3.92. The van der Waals surface area contributed by atoms with Crippen LogP contribution in [-0.4, -0.2) is 16.9 Å². The fourth-order valence-corrected chi connectivity index (χ4v) is 2.47. The summed E-state index contributed by atoms with van der Waals surface area (Å²) in [6.07, 6.45) is 6.07. The van der Waals surface area contributed by atoms with Crippen LogP contribution in [0.5, 0.6) is 0 Å². The summed E-state index contributed by atoms with van der Waals surface area (Å²) in [6, 6.07) is 2.31.